The standard InChI is InChI=1S/C17H14Cl2F3N3O5S/c1-29-17-10(4-9(20)16(24-17)30-6-12(21)22)25-31(27,28)11-5-23-15(26)13-7(11)2-3-8(18)14(13)19/h2-5,12,15,23,25-26H,6H2,1H3. The second-order valence-electron chi connectivity index (χ2n) is 6.04. The van der Waals surface area contributed by atoms with Crippen LogP contribution >= 0.6 is 23.2 Å². The Labute approximate surface area is 184 Å². The van der Waals surface area contributed by atoms with Crippen LogP contribution in [-0.4, -0.2) is 38.7 Å². The normalized spacial score (nSPS) is 15.7. The van der Waals surface area contributed by atoms with Gasteiger partial charge in [-0.1, -0.05) is 29.3 Å². The number of rotatable bonds is 7. The molecule has 0 spiro atoms. The molecule has 1 aliphatic heterocycles. The Balaban J connectivity index is 1.98. The topological polar surface area (TPSA) is 110 Å². The summed E-state index contributed by atoms with van der Waals surface area (Å²) in [6.07, 6.45) is -3.16. The minimum atomic E-state index is -4.40. The van der Waals surface area contributed by atoms with Crippen molar-refractivity contribution in [1.82, 2.24) is 10.3 Å². The van der Waals surface area contributed by atoms with Crippen molar-refractivity contribution in [2.75, 3.05) is 18.4 Å². The number of anilines is 1. The van der Waals surface area contributed by atoms with Crippen molar-refractivity contribution in [3.05, 3.63) is 51.4 Å². The number of pyridine rings is 1. The number of methoxy groups -OCH3 is 1. The molecular weight excluding hydrogens is 486 g/mol. The van der Waals surface area contributed by atoms with Crippen molar-refractivity contribution >= 4 is 43.8 Å². The number of alkyl halides is 2. The van der Waals surface area contributed by atoms with Gasteiger partial charge in [-0.05, 0) is 6.07 Å². The van der Waals surface area contributed by atoms with Crippen LogP contribution in [-0.2, 0) is 10.0 Å². The second-order valence-corrected chi connectivity index (χ2v) is 8.48. The molecule has 14 heteroatoms. The lowest BCUT2D eigenvalue weighted by Gasteiger charge is -2.25. The third-order valence-corrected chi connectivity index (χ3v) is 6.25. The quantitative estimate of drug-likeness (QED) is 0.534. The number of benzene rings is 1. The van der Waals surface area contributed by atoms with Crippen LogP contribution in [0.3, 0.4) is 0 Å². The lowest BCUT2D eigenvalue weighted by molar-refractivity contribution is 0.0770. The highest BCUT2D eigenvalue weighted by molar-refractivity contribution is 8.01. The highest BCUT2D eigenvalue weighted by Crippen LogP contribution is 2.40. The molecule has 3 rings (SSSR count). The molecular formula is C17H14Cl2F3N3O5S. The predicted octanol–water partition coefficient (Wildman–Crippen LogP) is 3.51. The third-order valence-electron chi connectivity index (χ3n) is 4.03. The molecule has 0 aliphatic carbocycles. The Bertz CT molecular complexity index is 1150. The van der Waals surface area contributed by atoms with E-state index in [0.717, 1.165) is 13.3 Å². The summed E-state index contributed by atoms with van der Waals surface area (Å²) in [6.45, 7) is -1.11. The van der Waals surface area contributed by atoms with E-state index in [2.05, 4.69) is 19.8 Å². The molecule has 1 aliphatic rings. The van der Waals surface area contributed by atoms with Gasteiger partial charge in [0, 0.05) is 23.4 Å². The fraction of sp³-hybridized carbons (Fsp3) is 0.235. The van der Waals surface area contributed by atoms with Gasteiger partial charge in [-0.3, -0.25) is 4.72 Å². The van der Waals surface area contributed by atoms with Crippen LogP contribution in [0.5, 0.6) is 11.8 Å². The van der Waals surface area contributed by atoms with Gasteiger partial charge in [0.1, 0.15) is 10.6 Å². The summed E-state index contributed by atoms with van der Waals surface area (Å²) in [5, 5.41) is 12.6. The first-order valence-electron chi connectivity index (χ1n) is 8.36. The number of halogens is 5. The molecule has 8 nitrogen and oxygen atoms in total. The van der Waals surface area contributed by atoms with Crippen LogP contribution in [0.15, 0.2) is 24.4 Å². The molecule has 0 bridgehead atoms. The van der Waals surface area contributed by atoms with Gasteiger partial charge in [-0.15, -0.1) is 0 Å². The van der Waals surface area contributed by atoms with Gasteiger partial charge in [-0.25, -0.2) is 21.6 Å². The summed E-state index contributed by atoms with van der Waals surface area (Å²) in [7, 11) is -3.29. The van der Waals surface area contributed by atoms with Crippen LogP contribution in [0.4, 0.5) is 18.9 Å². The van der Waals surface area contributed by atoms with Crippen molar-refractivity contribution in [1.29, 1.82) is 0 Å². The fourth-order valence-electron chi connectivity index (χ4n) is 2.71. The summed E-state index contributed by atoms with van der Waals surface area (Å²) in [5.41, 5.74) is -0.334. The van der Waals surface area contributed by atoms with Gasteiger partial charge >= 0.3 is 0 Å². The first-order valence-corrected chi connectivity index (χ1v) is 10.6. The molecule has 0 radical (unpaired) electrons. The SMILES string of the molecule is COc1nc(OCC(F)F)c(F)cc1NS(=O)(=O)C1=CNC(O)c2c1ccc(Cl)c2Cl. The summed E-state index contributed by atoms with van der Waals surface area (Å²) >= 11 is 12.0. The maximum atomic E-state index is 14.2. The van der Waals surface area contributed by atoms with Gasteiger partial charge in [0.15, 0.2) is 18.7 Å². The number of aliphatic hydroxyl groups is 1. The number of hydrogen-bond donors (Lipinski definition) is 3. The molecule has 31 heavy (non-hydrogen) atoms. The molecule has 1 aromatic carbocycles. The second kappa shape index (κ2) is 8.99. The number of aliphatic hydroxyl groups excluding tert-OH is 1. The van der Waals surface area contributed by atoms with E-state index in [-0.39, 0.29) is 26.1 Å². The van der Waals surface area contributed by atoms with E-state index in [1.807, 2.05) is 0 Å². The Morgan fingerprint density at radius 2 is 2.03 bits per heavy atom. The Kier molecular flexibility index (Phi) is 6.74. The lowest BCUT2D eigenvalue weighted by Crippen LogP contribution is -2.26. The van der Waals surface area contributed by atoms with E-state index < -0.39 is 52.5 Å². The van der Waals surface area contributed by atoms with E-state index in [1.165, 1.54) is 12.1 Å². The average molecular weight is 500 g/mol. The van der Waals surface area contributed by atoms with Gasteiger partial charge in [0.05, 0.1) is 17.2 Å². The fourth-order valence-corrected chi connectivity index (χ4v) is 4.38. The van der Waals surface area contributed by atoms with Crippen molar-refractivity contribution in [2.45, 2.75) is 12.7 Å². The highest BCUT2D eigenvalue weighted by Gasteiger charge is 2.31. The van der Waals surface area contributed by atoms with Crippen LogP contribution < -0.4 is 19.5 Å². The van der Waals surface area contributed by atoms with Crippen molar-refractivity contribution in [3.8, 4) is 11.8 Å². The molecule has 1 aromatic heterocycles. The number of sulfonamides is 1. The molecule has 2 heterocycles. The van der Waals surface area contributed by atoms with Crippen LogP contribution in [0.25, 0.3) is 4.91 Å². The summed E-state index contributed by atoms with van der Waals surface area (Å²) in [5.74, 6) is -2.40. The maximum absolute atomic E-state index is 14.2. The summed E-state index contributed by atoms with van der Waals surface area (Å²) < 4.78 is 76.4. The zero-order valence-electron chi connectivity index (χ0n) is 15.5. The van der Waals surface area contributed by atoms with Crippen LogP contribution in [0.1, 0.15) is 17.4 Å². The minimum Gasteiger partial charge on any atom is -0.479 e. The number of aromatic nitrogens is 1. The number of ether oxygens (including phenoxy) is 2. The van der Waals surface area contributed by atoms with E-state index >= 15 is 0 Å². The molecule has 1 atom stereocenters. The minimum absolute atomic E-state index is 0.0315. The molecule has 2 aromatic rings. The molecule has 0 amide bonds. The van der Waals surface area contributed by atoms with Crippen LogP contribution in [0.2, 0.25) is 10.0 Å². The predicted molar refractivity (Wildman–Crippen MR) is 107 cm³/mol. The van der Waals surface area contributed by atoms with Gasteiger partial charge in [0.2, 0.25) is 5.88 Å². The van der Waals surface area contributed by atoms with Crippen molar-refractivity contribution in [2.24, 2.45) is 0 Å². The van der Waals surface area contributed by atoms with Crippen LogP contribution in [0, 0.1) is 5.82 Å². The molecule has 1 unspecified atom stereocenters. The number of nitrogens with one attached hydrogen (secondary N) is 2. The Morgan fingerprint density at radius 1 is 1.32 bits per heavy atom. The van der Waals surface area contributed by atoms with Gasteiger partial charge < -0.3 is 19.9 Å². The zero-order valence-corrected chi connectivity index (χ0v) is 17.8. The zero-order chi connectivity index (χ0) is 22.9. The smallest absolute Gasteiger partial charge is 0.272 e. The van der Waals surface area contributed by atoms with Gasteiger partial charge in [0.25, 0.3) is 22.3 Å². The largest absolute Gasteiger partial charge is 0.479 e. The lowest BCUT2D eigenvalue weighted by atomic mass is 10.0. The Morgan fingerprint density at radius 3 is 2.68 bits per heavy atom. The van der Waals surface area contributed by atoms with Crippen molar-refractivity contribution in [3.63, 3.8) is 0 Å². The molecule has 0 saturated carbocycles. The highest BCUT2D eigenvalue weighted by atomic mass is 35.5. The number of nitrogens with zero attached hydrogens (tertiary/aromatic N) is 1. The maximum Gasteiger partial charge on any atom is 0.272 e. The Hall–Kier alpha value is -2.41. The molecule has 0 saturated heterocycles. The average Bonchev–Trinajstić information content (AvgIpc) is 2.69. The third kappa shape index (κ3) is 4.76. The summed E-state index contributed by atoms with van der Waals surface area (Å²) in [4.78, 5) is 3.24. The van der Waals surface area contributed by atoms with E-state index in [4.69, 9.17) is 27.9 Å². The number of fused-ring (bicyclic) bond motifs is 1. The molecule has 0 fully saturated rings. The van der Waals surface area contributed by atoms with E-state index in [1.54, 1.807) is 0 Å². The number of hydrogen-bond acceptors (Lipinski definition) is 7. The first-order chi connectivity index (χ1) is 14.5. The molecule has 3 N–H and O–H groups in total. The van der Waals surface area contributed by atoms with E-state index in [0.29, 0.717) is 6.07 Å². The molecule has 168 valence electrons. The van der Waals surface area contributed by atoms with E-state index in [9.17, 15) is 26.7 Å². The van der Waals surface area contributed by atoms with Crippen molar-refractivity contribution < 1.29 is 36.2 Å². The summed E-state index contributed by atoms with van der Waals surface area (Å²) in [6, 6.07) is 3.36. The van der Waals surface area contributed by atoms with Gasteiger partial charge in [-0.2, -0.15) is 4.98 Å². The first kappa shape index (κ1) is 23.3. The monoisotopic (exact) mass is 499 g/mol.